The maximum absolute atomic E-state index is 13.4. The molecule has 3 aromatic heterocycles. The Hall–Kier alpha value is -1.22. The molecule has 2 atom stereocenters. The minimum Gasteiger partial charge on any atom is -0.456 e. The molecule has 3 N–H and O–H groups in total. The fourth-order valence-corrected chi connectivity index (χ4v) is 3.47. The maximum atomic E-state index is 13.4. The molecule has 24 heavy (non-hydrogen) atoms. The van der Waals surface area contributed by atoms with Crippen LogP contribution in [0.1, 0.15) is 17.7 Å². The number of nitrogens with one attached hydrogen (secondary N) is 1. The molecule has 0 aromatic carbocycles. The van der Waals surface area contributed by atoms with Crippen LogP contribution in [0.15, 0.2) is 26.5 Å². The molecular weight excluding hydrogens is 419 g/mol. The molecule has 3 aromatic rings. The predicted molar refractivity (Wildman–Crippen MR) is 98.4 cm³/mol. The fourth-order valence-electron chi connectivity index (χ4n) is 2.20. The lowest BCUT2D eigenvalue weighted by Gasteiger charge is -2.10. The zero-order valence-electron chi connectivity index (χ0n) is 12.7. The Bertz CT molecular complexity index is 840. The van der Waals surface area contributed by atoms with Gasteiger partial charge in [-0.05, 0) is 22.9 Å². The first-order valence-corrected chi connectivity index (χ1v) is 9.30. The molecule has 128 valence electrons. The van der Waals surface area contributed by atoms with E-state index >= 15 is 0 Å². The van der Waals surface area contributed by atoms with Gasteiger partial charge in [-0.25, -0.2) is 14.4 Å². The molecule has 0 saturated heterocycles. The SMILES string of the molecule is C[C@@H](F)[C@H](N)Cc1oc2c(NCc3nccs3)cc(Cl)nc2c1Br. The van der Waals surface area contributed by atoms with Crippen LogP contribution in [0.5, 0.6) is 0 Å². The zero-order chi connectivity index (χ0) is 17.3. The third-order valence-corrected chi connectivity index (χ3v) is 5.34. The molecule has 0 radical (unpaired) electrons. The van der Waals surface area contributed by atoms with Crippen molar-refractivity contribution in [1.29, 1.82) is 0 Å². The molecule has 9 heteroatoms. The molecule has 0 fully saturated rings. The van der Waals surface area contributed by atoms with Gasteiger partial charge in [0, 0.05) is 30.1 Å². The van der Waals surface area contributed by atoms with Crippen LogP contribution < -0.4 is 11.1 Å². The van der Waals surface area contributed by atoms with Crippen LogP contribution in [-0.2, 0) is 13.0 Å². The number of hydrogen-bond donors (Lipinski definition) is 2. The molecule has 0 saturated carbocycles. The smallest absolute Gasteiger partial charge is 0.177 e. The van der Waals surface area contributed by atoms with Crippen LogP contribution >= 0.6 is 38.9 Å². The van der Waals surface area contributed by atoms with E-state index in [9.17, 15) is 4.39 Å². The second kappa shape index (κ2) is 7.35. The molecule has 0 spiro atoms. The summed E-state index contributed by atoms with van der Waals surface area (Å²) in [4.78, 5) is 8.52. The molecule has 0 aliphatic heterocycles. The van der Waals surface area contributed by atoms with E-state index in [-0.39, 0.29) is 6.42 Å². The molecule has 0 amide bonds. The first-order valence-electron chi connectivity index (χ1n) is 7.25. The van der Waals surface area contributed by atoms with Gasteiger partial charge in [0.2, 0.25) is 0 Å². The Labute approximate surface area is 155 Å². The summed E-state index contributed by atoms with van der Waals surface area (Å²) in [5.74, 6) is 0.550. The van der Waals surface area contributed by atoms with Gasteiger partial charge in [-0.1, -0.05) is 11.6 Å². The van der Waals surface area contributed by atoms with Gasteiger partial charge in [0.25, 0.3) is 0 Å². The number of furan rings is 1. The minimum absolute atomic E-state index is 0.262. The van der Waals surface area contributed by atoms with Gasteiger partial charge in [0.15, 0.2) is 5.58 Å². The van der Waals surface area contributed by atoms with Gasteiger partial charge < -0.3 is 15.5 Å². The summed E-state index contributed by atoms with van der Waals surface area (Å²) >= 11 is 11.1. The van der Waals surface area contributed by atoms with E-state index in [1.165, 1.54) is 6.92 Å². The summed E-state index contributed by atoms with van der Waals surface area (Å²) < 4.78 is 19.9. The van der Waals surface area contributed by atoms with Crippen molar-refractivity contribution in [2.24, 2.45) is 5.73 Å². The first kappa shape index (κ1) is 17.6. The lowest BCUT2D eigenvalue weighted by atomic mass is 10.1. The molecule has 0 aliphatic carbocycles. The zero-order valence-corrected chi connectivity index (χ0v) is 15.9. The Balaban J connectivity index is 1.94. The fraction of sp³-hybridized carbons (Fsp3) is 0.333. The molecule has 3 rings (SSSR count). The van der Waals surface area contributed by atoms with Gasteiger partial charge >= 0.3 is 0 Å². The number of alkyl halides is 1. The normalized spacial score (nSPS) is 14.0. The Morgan fingerprint density at radius 3 is 3.00 bits per heavy atom. The van der Waals surface area contributed by atoms with Gasteiger partial charge in [-0.3, -0.25) is 0 Å². The van der Waals surface area contributed by atoms with Crippen LogP contribution in [0.25, 0.3) is 11.1 Å². The molecule has 0 bridgehead atoms. The highest BCUT2D eigenvalue weighted by molar-refractivity contribution is 9.10. The van der Waals surface area contributed by atoms with E-state index in [1.807, 2.05) is 5.38 Å². The van der Waals surface area contributed by atoms with Crippen LogP contribution in [0.4, 0.5) is 10.1 Å². The summed E-state index contributed by atoms with van der Waals surface area (Å²) in [6.45, 7) is 1.97. The molecule has 3 heterocycles. The van der Waals surface area contributed by atoms with E-state index in [1.54, 1.807) is 23.6 Å². The number of fused-ring (bicyclic) bond motifs is 1. The van der Waals surface area contributed by atoms with Crippen molar-refractivity contribution in [2.45, 2.75) is 32.1 Å². The van der Waals surface area contributed by atoms with Gasteiger partial charge in [-0.15, -0.1) is 11.3 Å². The Morgan fingerprint density at radius 2 is 2.33 bits per heavy atom. The largest absolute Gasteiger partial charge is 0.456 e. The lowest BCUT2D eigenvalue weighted by molar-refractivity contribution is 0.295. The monoisotopic (exact) mass is 432 g/mol. The highest BCUT2D eigenvalue weighted by Crippen LogP contribution is 2.36. The molecule has 0 unspecified atom stereocenters. The quantitative estimate of drug-likeness (QED) is 0.558. The highest BCUT2D eigenvalue weighted by atomic mass is 79.9. The van der Waals surface area contributed by atoms with Crippen LogP contribution in [0, 0.1) is 0 Å². The van der Waals surface area contributed by atoms with Crippen molar-refractivity contribution in [1.82, 2.24) is 9.97 Å². The third-order valence-electron chi connectivity index (χ3n) is 3.54. The number of thiazole rings is 1. The standard InChI is InChI=1S/C15H15BrClFN4OS/c1-7(18)8(19)4-10-13(16)14-15(23-10)9(5-11(17)22-14)21-6-12-20-2-3-24-12/h2-3,5,7-8H,4,6,19H2,1H3,(H,21,22)/t7-,8-/m1/s1. The number of rotatable bonds is 6. The van der Waals surface area contributed by atoms with Crippen LogP contribution in [-0.4, -0.2) is 22.2 Å². The second-order valence-electron chi connectivity index (χ2n) is 5.33. The van der Waals surface area contributed by atoms with Gasteiger partial charge in [0.05, 0.1) is 16.7 Å². The van der Waals surface area contributed by atoms with Crippen LogP contribution in [0.3, 0.4) is 0 Å². The number of hydrogen-bond acceptors (Lipinski definition) is 6. The van der Waals surface area contributed by atoms with Crippen molar-refractivity contribution in [3.05, 3.63) is 38.0 Å². The van der Waals surface area contributed by atoms with Crippen molar-refractivity contribution in [2.75, 3.05) is 5.32 Å². The maximum Gasteiger partial charge on any atom is 0.177 e. The number of nitrogens with two attached hydrogens (primary N) is 1. The number of anilines is 1. The molecule has 5 nitrogen and oxygen atoms in total. The lowest BCUT2D eigenvalue weighted by Crippen LogP contribution is -2.31. The van der Waals surface area contributed by atoms with Crippen molar-refractivity contribution >= 4 is 55.7 Å². The Kier molecular flexibility index (Phi) is 5.39. The van der Waals surface area contributed by atoms with E-state index in [0.717, 1.165) is 5.01 Å². The Morgan fingerprint density at radius 1 is 1.54 bits per heavy atom. The minimum atomic E-state index is -1.14. The first-order chi connectivity index (χ1) is 11.5. The summed E-state index contributed by atoms with van der Waals surface area (Å²) in [7, 11) is 0. The number of halogens is 3. The number of pyridine rings is 1. The predicted octanol–water partition coefficient (Wildman–Crippen LogP) is 4.54. The summed E-state index contributed by atoms with van der Waals surface area (Å²) in [5.41, 5.74) is 7.64. The highest BCUT2D eigenvalue weighted by Gasteiger charge is 2.21. The molecule has 0 aliphatic rings. The van der Waals surface area contributed by atoms with E-state index < -0.39 is 12.2 Å². The summed E-state index contributed by atoms with van der Waals surface area (Å²) in [5, 5.41) is 6.43. The second-order valence-corrected chi connectivity index (χ2v) is 7.49. The topological polar surface area (TPSA) is 77.0 Å². The third kappa shape index (κ3) is 3.72. The van der Waals surface area contributed by atoms with Gasteiger partial charge in [0.1, 0.15) is 27.6 Å². The van der Waals surface area contributed by atoms with E-state index in [2.05, 4.69) is 31.2 Å². The van der Waals surface area contributed by atoms with Crippen molar-refractivity contribution in [3.8, 4) is 0 Å². The van der Waals surface area contributed by atoms with E-state index in [0.29, 0.717) is 38.7 Å². The molecular formula is C15H15BrClFN4OS. The van der Waals surface area contributed by atoms with E-state index in [4.69, 9.17) is 21.8 Å². The number of aromatic nitrogens is 2. The van der Waals surface area contributed by atoms with Crippen molar-refractivity contribution in [3.63, 3.8) is 0 Å². The summed E-state index contributed by atoms with van der Waals surface area (Å²) in [6, 6.07) is 1.04. The van der Waals surface area contributed by atoms with Crippen LogP contribution in [0.2, 0.25) is 5.15 Å². The van der Waals surface area contributed by atoms with Crippen molar-refractivity contribution < 1.29 is 8.81 Å². The average Bonchev–Trinajstić information content (AvgIpc) is 3.15. The summed E-state index contributed by atoms with van der Waals surface area (Å²) in [6.07, 6.45) is 0.875. The average molecular weight is 434 g/mol. The van der Waals surface area contributed by atoms with Gasteiger partial charge in [-0.2, -0.15) is 0 Å². The number of nitrogens with zero attached hydrogens (tertiary/aromatic N) is 2.